The molecule has 0 bridgehead atoms. The number of hydrogen-bond acceptors (Lipinski definition) is 4. The molecule has 0 fully saturated rings. The molecule has 0 saturated carbocycles. The molecule has 3 nitrogen and oxygen atoms in total. The van der Waals surface area contributed by atoms with Gasteiger partial charge in [-0.15, -0.1) is 0 Å². The number of halogens is 3. The zero-order chi connectivity index (χ0) is 13.8. The Balaban J connectivity index is 2.27. The fourth-order valence-corrected chi connectivity index (χ4v) is 2.29. The number of aromatic nitrogens is 1. The first-order valence-corrected chi connectivity index (χ1v) is 7.05. The topological polar surface area (TPSA) is 42.4 Å². The van der Waals surface area contributed by atoms with Gasteiger partial charge in [-0.3, -0.25) is 0 Å². The zero-order valence-corrected chi connectivity index (χ0v) is 12.0. The molecule has 0 saturated heterocycles. The van der Waals surface area contributed by atoms with E-state index in [1.807, 2.05) is 0 Å². The Hall–Kier alpha value is -0.750. The summed E-state index contributed by atoms with van der Waals surface area (Å²) in [4.78, 5) is 4.25. The maximum atomic E-state index is 11.8. The molecule has 0 aliphatic rings. The molecule has 1 aromatic heterocycles. The van der Waals surface area contributed by atoms with Gasteiger partial charge in [-0.05, 0) is 18.2 Å². The summed E-state index contributed by atoms with van der Waals surface area (Å²) in [7, 11) is 0. The summed E-state index contributed by atoms with van der Waals surface area (Å²) in [5.41, 5.74) is 0.948. The summed E-state index contributed by atoms with van der Waals surface area (Å²) < 4.78 is 17.1. The van der Waals surface area contributed by atoms with Crippen molar-refractivity contribution >= 4 is 46.3 Å². The van der Waals surface area contributed by atoms with E-state index in [1.165, 1.54) is 6.07 Å². The van der Waals surface area contributed by atoms with Crippen molar-refractivity contribution in [2.45, 2.75) is 6.61 Å². The molecule has 0 unspecified atom stereocenters. The lowest BCUT2D eigenvalue weighted by molar-refractivity contribution is 0.133. The number of fused-ring (bicyclic) bond motifs is 1. The smallest absolute Gasteiger partial charge is 0.160 e. The van der Waals surface area contributed by atoms with Crippen LogP contribution in [0.4, 0.5) is 3.89 Å². The number of nitrogens with zero attached hydrogens (tertiary/aromatic N) is 1. The monoisotopic (exact) mass is 321 g/mol. The van der Waals surface area contributed by atoms with Crippen LogP contribution in [0, 0.1) is 0 Å². The third kappa shape index (κ3) is 3.42. The molecular weight excluding hydrogens is 312 g/mol. The number of pyridine rings is 1. The van der Waals surface area contributed by atoms with E-state index in [9.17, 15) is 8.99 Å². The normalized spacial score (nSPS) is 11.1. The third-order valence-corrected chi connectivity index (χ3v) is 3.39. The third-order valence-electron chi connectivity index (χ3n) is 2.47. The highest BCUT2D eigenvalue weighted by molar-refractivity contribution is 7.94. The minimum absolute atomic E-state index is 0.109. The number of benzene rings is 1. The van der Waals surface area contributed by atoms with Crippen LogP contribution in [0.3, 0.4) is 0 Å². The van der Waals surface area contributed by atoms with Gasteiger partial charge in [0.15, 0.2) is 5.75 Å². The van der Waals surface area contributed by atoms with E-state index in [4.69, 9.17) is 27.9 Å². The number of phenols is 1. The molecule has 19 heavy (non-hydrogen) atoms. The minimum Gasteiger partial charge on any atom is -0.504 e. The number of aromatic hydroxyl groups is 1. The van der Waals surface area contributed by atoms with Gasteiger partial charge in [-0.1, -0.05) is 23.2 Å². The maximum Gasteiger partial charge on any atom is 0.160 e. The standard InChI is InChI=1S/C12H10Cl2FNO2S/c13-9-5-10(14)12(17)11-8(9)2-1-7(16-11)6-18-3-4-19-15/h1-2,5,17H,3-4,6H2. The van der Waals surface area contributed by atoms with Crippen LogP contribution in [-0.4, -0.2) is 22.5 Å². The van der Waals surface area contributed by atoms with Crippen LogP contribution >= 0.6 is 35.3 Å². The van der Waals surface area contributed by atoms with Crippen LogP contribution in [-0.2, 0) is 11.3 Å². The summed E-state index contributed by atoms with van der Waals surface area (Å²) in [6.45, 7) is 0.531. The van der Waals surface area contributed by atoms with Gasteiger partial charge < -0.3 is 9.84 Å². The summed E-state index contributed by atoms with van der Waals surface area (Å²) in [5.74, 6) is 0.165. The van der Waals surface area contributed by atoms with E-state index in [1.54, 1.807) is 12.1 Å². The average molecular weight is 322 g/mol. The van der Waals surface area contributed by atoms with Crippen molar-refractivity contribution in [2.24, 2.45) is 0 Å². The van der Waals surface area contributed by atoms with Crippen molar-refractivity contribution in [1.82, 2.24) is 4.98 Å². The van der Waals surface area contributed by atoms with E-state index in [0.29, 0.717) is 28.2 Å². The molecule has 0 aliphatic carbocycles. The van der Waals surface area contributed by atoms with Crippen molar-refractivity contribution in [3.63, 3.8) is 0 Å². The van der Waals surface area contributed by atoms with Gasteiger partial charge in [-0.2, -0.15) is 3.89 Å². The van der Waals surface area contributed by atoms with Crippen molar-refractivity contribution < 1.29 is 13.7 Å². The second-order valence-corrected chi connectivity index (χ2v) is 5.19. The lowest BCUT2D eigenvalue weighted by Crippen LogP contribution is -1.99. The molecule has 1 aromatic carbocycles. The van der Waals surface area contributed by atoms with Crippen molar-refractivity contribution in [1.29, 1.82) is 0 Å². The lowest BCUT2D eigenvalue weighted by atomic mass is 10.2. The predicted molar refractivity (Wildman–Crippen MR) is 76.6 cm³/mol. The summed E-state index contributed by atoms with van der Waals surface area (Å²) >= 11 is 12.1. The van der Waals surface area contributed by atoms with Gasteiger partial charge in [0.05, 0.1) is 29.0 Å². The molecule has 0 amide bonds. The van der Waals surface area contributed by atoms with Gasteiger partial charge in [0.1, 0.15) is 5.52 Å². The van der Waals surface area contributed by atoms with Crippen LogP contribution in [0.2, 0.25) is 10.0 Å². The molecule has 2 rings (SSSR count). The Morgan fingerprint density at radius 3 is 2.84 bits per heavy atom. The minimum atomic E-state index is -0.109. The number of rotatable bonds is 5. The Bertz CT molecular complexity index is 597. The SMILES string of the molecule is Oc1c(Cl)cc(Cl)c2ccc(COCCSF)nc12. The number of ether oxygens (including phenoxy) is 1. The first-order chi connectivity index (χ1) is 9.13. The van der Waals surface area contributed by atoms with Crippen LogP contribution in [0.25, 0.3) is 10.9 Å². The quantitative estimate of drug-likeness (QED) is 0.830. The summed E-state index contributed by atoms with van der Waals surface area (Å²) in [6, 6.07) is 4.95. The number of hydrogen-bond donors (Lipinski definition) is 1. The molecule has 2 aromatic rings. The largest absolute Gasteiger partial charge is 0.504 e. The van der Waals surface area contributed by atoms with E-state index >= 15 is 0 Å². The fourth-order valence-electron chi connectivity index (χ4n) is 1.59. The molecular formula is C12H10Cl2FNO2S. The lowest BCUT2D eigenvalue weighted by Gasteiger charge is -2.07. The van der Waals surface area contributed by atoms with Crippen LogP contribution in [0.1, 0.15) is 5.69 Å². The van der Waals surface area contributed by atoms with Crippen LogP contribution in [0.15, 0.2) is 18.2 Å². The molecule has 0 atom stereocenters. The van der Waals surface area contributed by atoms with Gasteiger partial charge in [0, 0.05) is 23.3 Å². The molecule has 0 spiro atoms. The summed E-state index contributed by atoms with van der Waals surface area (Å²) in [5, 5.41) is 11.1. The Morgan fingerprint density at radius 2 is 2.11 bits per heavy atom. The van der Waals surface area contributed by atoms with E-state index < -0.39 is 0 Å². The zero-order valence-electron chi connectivity index (χ0n) is 9.70. The first kappa shape index (κ1) is 14.7. The fraction of sp³-hybridized carbons (Fsp3) is 0.250. The Morgan fingerprint density at radius 1 is 1.32 bits per heavy atom. The number of phenolic OH excluding ortho intramolecular Hbond substituents is 1. The predicted octanol–water partition coefficient (Wildman–Crippen LogP) is 4.38. The summed E-state index contributed by atoms with van der Waals surface area (Å²) in [6.07, 6.45) is 0. The molecule has 7 heteroatoms. The Labute approximate surface area is 124 Å². The van der Waals surface area contributed by atoms with Gasteiger partial charge in [-0.25, -0.2) is 4.98 Å². The van der Waals surface area contributed by atoms with E-state index in [0.717, 1.165) is 0 Å². The van der Waals surface area contributed by atoms with Crippen molar-refractivity contribution in [3.8, 4) is 5.75 Å². The average Bonchev–Trinajstić information content (AvgIpc) is 2.41. The van der Waals surface area contributed by atoms with Gasteiger partial charge in [0.25, 0.3) is 0 Å². The van der Waals surface area contributed by atoms with Crippen molar-refractivity contribution in [2.75, 3.05) is 12.4 Å². The van der Waals surface area contributed by atoms with Crippen molar-refractivity contribution in [3.05, 3.63) is 33.9 Å². The van der Waals surface area contributed by atoms with Crippen LogP contribution < -0.4 is 0 Å². The molecule has 102 valence electrons. The molecule has 1 N–H and O–H groups in total. The maximum absolute atomic E-state index is 11.8. The molecule has 0 aliphatic heterocycles. The Kier molecular flexibility index (Phi) is 5.10. The highest BCUT2D eigenvalue weighted by Crippen LogP contribution is 2.36. The van der Waals surface area contributed by atoms with E-state index in [2.05, 4.69) is 4.98 Å². The highest BCUT2D eigenvalue weighted by Gasteiger charge is 2.11. The molecule has 1 heterocycles. The molecule has 0 radical (unpaired) electrons. The van der Waals surface area contributed by atoms with Gasteiger partial charge >= 0.3 is 0 Å². The highest BCUT2D eigenvalue weighted by atomic mass is 35.5. The van der Waals surface area contributed by atoms with Crippen LogP contribution in [0.5, 0.6) is 5.75 Å². The second-order valence-electron chi connectivity index (χ2n) is 3.75. The second kappa shape index (κ2) is 6.61. The van der Waals surface area contributed by atoms with Gasteiger partial charge in [0.2, 0.25) is 0 Å². The van der Waals surface area contributed by atoms with E-state index in [-0.39, 0.29) is 35.3 Å². The first-order valence-electron chi connectivity index (χ1n) is 5.41.